The summed E-state index contributed by atoms with van der Waals surface area (Å²) in [6, 6.07) is 16.2. The Morgan fingerprint density at radius 3 is 2.24 bits per heavy atom. The highest BCUT2D eigenvalue weighted by Gasteiger charge is 2.10. The molecule has 0 aliphatic carbocycles. The lowest BCUT2D eigenvalue weighted by molar-refractivity contribution is 0.274. The summed E-state index contributed by atoms with van der Waals surface area (Å²) in [7, 11) is 0. The maximum Gasteiger partial charge on any atom is 0.203 e. The number of rotatable bonds is 4. The Morgan fingerprint density at radius 2 is 1.57 bits per heavy atom. The van der Waals surface area contributed by atoms with Gasteiger partial charge in [0.1, 0.15) is 0 Å². The van der Waals surface area contributed by atoms with Crippen molar-refractivity contribution < 1.29 is 5.11 Å². The van der Waals surface area contributed by atoms with E-state index in [0.717, 1.165) is 11.0 Å². The van der Waals surface area contributed by atoms with E-state index in [1.54, 1.807) is 0 Å². The molecule has 0 aliphatic heterocycles. The molecule has 0 spiro atoms. The van der Waals surface area contributed by atoms with Gasteiger partial charge in [-0.25, -0.2) is 0 Å². The number of para-hydroxylation sites is 2. The largest absolute Gasteiger partial charge is 0.395 e. The van der Waals surface area contributed by atoms with E-state index in [4.69, 9.17) is 5.41 Å². The molecule has 3 rings (SSSR count). The Hall–Kier alpha value is -2.33. The van der Waals surface area contributed by atoms with Crippen LogP contribution in [0.15, 0.2) is 48.5 Å². The standard InChI is InChI=1S/C17H19N3O/c1-13-6-2-3-7-14(13)12-20-16-9-5-4-8-15(16)19(10-11-21)17(20)18/h2-9,18,21H,10-12H2,1H3. The number of aryl methyl sites for hydroxylation is 1. The van der Waals surface area contributed by atoms with Gasteiger partial charge in [-0.3, -0.25) is 5.41 Å². The van der Waals surface area contributed by atoms with Gasteiger partial charge in [-0.05, 0) is 30.2 Å². The Kier molecular flexibility index (Phi) is 3.62. The fourth-order valence-electron chi connectivity index (χ4n) is 2.74. The maximum atomic E-state index is 9.23. The first-order valence-corrected chi connectivity index (χ1v) is 7.10. The van der Waals surface area contributed by atoms with Gasteiger partial charge in [-0.2, -0.15) is 0 Å². The van der Waals surface area contributed by atoms with Gasteiger partial charge in [0.15, 0.2) is 0 Å². The molecule has 21 heavy (non-hydrogen) atoms. The van der Waals surface area contributed by atoms with Gasteiger partial charge in [0.2, 0.25) is 5.62 Å². The molecule has 1 heterocycles. The number of fused-ring (bicyclic) bond motifs is 1. The normalized spacial score (nSPS) is 11.1. The Balaban J connectivity index is 2.17. The van der Waals surface area contributed by atoms with Crippen molar-refractivity contribution in [3.8, 4) is 0 Å². The van der Waals surface area contributed by atoms with Gasteiger partial charge in [0.25, 0.3) is 0 Å². The van der Waals surface area contributed by atoms with Crippen LogP contribution in [0.4, 0.5) is 0 Å². The molecule has 0 radical (unpaired) electrons. The molecule has 0 saturated carbocycles. The van der Waals surface area contributed by atoms with Crippen LogP contribution in [0.1, 0.15) is 11.1 Å². The van der Waals surface area contributed by atoms with Crippen molar-refractivity contribution in [1.29, 1.82) is 5.41 Å². The van der Waals surface area contributed by atoms with E-state index in [-0.39, 0.29) is 6.61 Å². The number of hydrogen-bond acceptors (Lipinski definition) is 2. The molecule has 2 N–H and O–H groups in total. The highest BCUT2D eigenvalue weighted by Crippen LogP contribution is 2.15. The molecule has 108 valence electrons. The average molecular weight is 281 g/mol. The second-order valence-corrected chi connectivity index (χ2v) is 5.20. The predicted molar refractivity (Wildman–Crippen MR) is 83.1 cm³/mol. The monoisotopic (exact) mass is 281 g/mol. The molecule has 4 nitrogen and oxygen atoms in total. The summed E-state index contributed by atoms with van der Waals surface area (Å²) in [4.78, 5) is 0. The van der Waals surface area contributed by atoms with E-state index < -0.39 is 0 Å². The molecular formula is C17H19N3O. The van der Waals surface area contributed by atoms with Crippen LogP contribution in [0.2, 0.25) is 0 Å². The summed E-state index contributed by atoms with van der Waals surface area (Å²) in [6.45, 7) is 3.24. The van der Waals surface area contributed by atoms with E-state index in [1.807, 2.05) is 45.5 Å². The van der Waals surface area contributed by atoms with Crippen LogP contribution in [-0.4, -0.2) is 20.8 Å². The first kappa shape index (κ1) is 13.6. The van der Waals surface area contributed by atoms with Crippen molar-refractivity contribution in [1.82, 2.24) is 9.13 Å². The minimum atomic E-state index is 0.0366. The second kappa shape index (κ2) is 5.58. The van der Waals surface area contributed by atoms with E-state index in [0.29, 0.717) is 18.7 Å². The van der Waals surface area contributed by atoms with Crippen LogP contribution in [0.3, 0.4) is 0 Å². The molecule has 0 atom stereocenters. The number of nitrogens with one attached hydrogen (secondary N) is 1. The third kappa shape index (κ3) is 2.38. The number of hydrogen-bond donors (Lipinski definition) is 2. The van der Waals surface area contributed by atoms with Crippen LogP contribution in [0.5, 0.6) is 0 Å². The van der Waals surface area contributed by atoms with Crippen LogP contribution < -0.4 is 5.62 Å². The van der Waals surface area contributed by atoms with E-state index in [9.17, 15) is 5.11 Å². The van der Waals surface area contributed by atoms with Crippen LogP contribution >= 0.6 is 0 Å². The zero-order chi connectivity index (χ0) is 14.8. The first-order chi connectivity index (χ1) is 10.2. The predicted octanol–water partition coefficient (Wildman–Crippen LogP) is 2.27. The second-order valence-electron chi connectivity index (χ2n) is 5.20. The Labute approximate surface area is 123 Å². The summed E-state index contributed by atoms with van der Waals surface area (Å²) in [5, 5.41) is 17.6. The molecule has 3 aromatic rings. The van der Waals surface area contributed by atoms with Gasteiger partial charge >= 0.3 is 0 Å². The molecule has 0 saturated heterocycles. The number of benzene rings is 2. The fraction of sp³-hybridized carbons (Fsp3) is 0.235. The van der Waals surface area contributed by atoms with Crippen LogP contribution in [-0.2, 0) is 13.1 Å². The topological polar surface area (TPSA) is 53.9 Å². The zero-order valence-electron chi connectivity index (χ0n) is 12.1. The number of imidazole rings is 1. The lowest BCUT2D eigenvalue weighted by Gasteiger charge is -2.07. The van der Waals surface area contributed by atoms with Gasteiger partial charge in [-0.1, -0.05) is 36.4 Å². The Bertz CT molecular complexity index is 829. The van der Waals surface area contributed by atoms with Crippen molar-refractivity contribution in [3.05, 3.63) is 65.3 Å². The van der Waals surface area contributed by atoms with Gasteiger partial charge in [0, 0.05) is 6.54 Å². The SMILES string of the molecule is Cc1ccccc1Cn1c(=N)n(CCO)c2ccccc21. The van der Waals surface area contributed by atoms with Crippen LogP contribution in [0.25, 0.3) is 11.0 Å². The summed E-state index contributed by atoms with van der Waals surface area (Å²) in [5.41, 5.74) is 4.88. The highest BCUT2D eigenvalue weighted by atomic mass is 16.3. The summed E-state index contributed by atoms with van der Waals surface area (Å²) in [5.74, 6) is 0. The van der Waals surface area contributed by atoms with Crippen molar-refractivity contribution >= 4 is 11.0 Å². The fourth-order valence-corrected chi connectivity index (χ4v) is 2.74. The number of aliphatic hydroxyl groups excluding tert-OH is 1. The number of aliphatic hydroxyl groups is 1. The summed E-state index contributed by atoms with van der Waals surface area (Å²) in [6.07, 6.45) is 0. The minimum Gasteiger partial charge on any atom is -0.395 e. The Morgan fingerprint density at radius 1 is 0.952 bits per heavy atom. The van der Waals surface area contributed by atoms with Gasteiger partial charge in [-0.15, -0.1) is 0 Å². The van der Waals surface area contributed by atoms with E-state index >= 15 is 0 Å². The quantitative estimate of drug-likeness (QED) is 0.757. The van der Waals surface area contributed by atoms with Crippen molar-refractivity contribution in [2.45, 2.75) is 20.0 Å². The van der Waals surface area contributed by atoms with Crippen molar-refractivity contribution in [2.24, 2.45) is 0 Å². The lowest BCUT2D eigenvalue weighted by Crippen LogP contribution is -2.26. The summed E-state index contributed by atoms with van der Waals surface area (Å²) >= 11 is 0. The van der Waals surface area contributed by atoms with Gasteiger partial charge in [0.05, 0.1) is 24.2 Å². The lowest BCUT2D eigenvalue weighted by atomic mass is 10.1. The zero-order valence-corrected chi connectivity index (χ0v) is 12.1. The minimum absolute atomic E-state index is 0.0366. The third-order valence-corrected chi connectivity index (χ3v) is 3.89. The molecule has 0 amide bonds. The molecular weight excluding hydrogens is 262 g/mol. The molecule has 0 bridgehead atoms. The molecule has 0 aliphatic rings. The maximum absolute atomic E-state index is 9.23. The number of aromatic nitrogens is 2. The highest BCUT2D eigenvalue weighted by molar-refractivity contribution is 5.76. The average Bonchev–Trinajstić information content (AvgIpc) is 2.76. The molecule has 0 fully saturated rings. The molecule has 0 unspecified atom stereocenters. The first-order valence-electron chi connectivity index (χ1n) is 7.10. The smallest absolute Gasteiger partial charge is 0.203 e. The van der Waals surface area contributed by atoms with Gasteiger partial charge < -0.3 is 14.2 Å². The van der Waals surface area contributed by atoms with E-state index in [1.165, 1.54) is 11.1 Å². The number of nitrogens with zero attached hydrogens (tertiary/aromatic N) is 2. The van der Waals surface area contributed by atoms with Crippen molar-refractivity contribution in [2.75, 3.05) is 6.61 Å². The third-order valence-electron chi connectivity index (χ3n) is 3.89. The van der Waals surface area contributed by atoms with E-state index in [2.05, 4.69) is 19.1 Å². The van der Waals surface area contributed by atoms with Crippen LogP contribution in [0, 0.1) is 12.3 Å². The molecule has 1 aromatic heterocycles. The molecule has 4 heteroatoms. The molecule has 2 aromatic carbocycles. The van der Waals surface area contributed by atoms with Crippen molar-refractivity contribution in [3.63, 3.8) is 0 Å². The summed E-state index contributed by atoms with van der Waals surface area (Å²) < 4.78 is 3.85.